The highest BCUT2D eigenvalue weighted by atomic mass is 16.5. The minimum absolute atomic E-state index is 0.0167. The third kappa shape index (κ3) is 4.74. The Bertz CT molecular complexity index is 458. The number of rotatable bonds is 7. The number of methoxy groups -OCH3 is 1. The molecular weight excluding hydrogens is 256 g/mol. The molecule has 5 nitrogen and oxygen atoms in total. The number of ether oxygens (including phenoxy) is 1. The summed E-state index contributed by atoms with van der Waals surface area (Å²) in [6.07, 6.45) is 1.87. The number of nitrogens with two attached hydrogens (primary N) is 1. The van der Waals surface area contributed by atoms with Crippen LogP contribution in [0.4, 0.5) is 0 Å². The van der Waals surface area contributed by atoms with E-state index in [0.29, 0.717) is 18.8 Å². The molecule has 1 aromatic carbocycles. The van der Waals surface area contributed by atoms with Crippen molar-refractivity contribution in [2.45, 2.75) is 26.7 Å². The van der Waals surface area contributed by atoms with Crippen LogP contribution in [0.5, 0.6) is 11.5 Å². The number of hydrogen-bond donors (Lipinski definition) is 3. The predicted molar refractivity (Wildman–Crippen MR) is 79.1 cm³/mol. The van der Waals surface area contributed by atoms with E-state index in [1.54, 1.807) is 12.1 Å². The lowest BCUT2D eigenvalue weighted by molar-refractivity contribution is 0.0931. The smallest absolute Gasteiger partial charge is 0.255 e. The van der Waals surface area contributed by atoms with Gasteiger partial charge in [0.05, 0.1) is 12.7 Å². The molecule has 4 N–H and O–H groups in total. The highest BCUT2D eigenvalue weighted by Crippen LogP contribution is 2.24. The van der Waals surface area contributed by atoms with Crippen LogP contribution in [0.2, 0.25) is 0 Å². The van der Waals surface area contributed by atoms with Crippen molar-refractivity contribution in [3.8, 4) is 11.5 Å². The van der Waals surface area contributed by atoms with Crippen LogP contribution in [0.1, 0.15) is 37.0 Å². The Kier molecular flexibility index (Phi) is 5.82. The normalized spacial score (nSPS) is 11.2. The van der Waals surface area contributed by atoms with E-state index in [2.05, 4.69) is 19.2 Å². The van der Waals surface area contributed by atoms with Gasteiger partial charge in [-0.15, -0.1) is 0 Å². The van der Waals surface area contributed by atoms with Gasteiger partial charge in [0, 0.05) is 12.6 Å². The van der Waals surface area contributed by atoms with E-state index in [0.717, 1.165) is 12.8 Å². The number of carbonyl (C=O) groups excluding carboxylic acids is 1. The van der Waals surface area contributed by atoms with Gasteiger partial charge in [-0.25, -0.2) is 0 Å². The summed E-state index contributed by atoms with van der Waals surface area (Å²) in [5, 5.41) is 12.7. The molecule has 0 aliphatic rings. The SMILES string of the molecule is COc1ccc(C(=O)NCC(C)(C)CCCN)c(O)c1. The first-order valence-corrected chi connectivity index (χ1v) is 6.75. The second kappa shape index (κ2) is 7.14. The lowest BCUT2D eigenvalue weighted by Gasteiger charge is -2.24. The summed E-state index contributed by atoms with van der Waals surface area (Å²) in [5.41, 5.74) is 5.73. The summed E-state index contributed by atoms with van der Waals surface area (Å²) in [4.78, 5) is 12.0. The minimum Gasteiger partial charge on any atom is -0.507 e. The molecule has 112 valence electrons. The average molecular weight is 280 g/mol. The molecule has 5 heteroatoms. The third-order valence-corrected chi connectivity index (χ3v) is 3.23. The zero-order chi connectivity index (χ0) is 15.2. The van der Waals surface area contributed by atoms with Crippen molar-refractivity contribution >= 4 is 5.91 Å². The zero-order valence-electron chi connectivity index (χ0n) is 12.4. The van der Waals surface area contributed by atoms with E-state index in [4.69, 9.17) is 10.5 Å². The van der Waals surface area contributed by atoms with Gasteiger partial charge >= 0.3 is 0 Å². The number of nitrogens with one attached hydrogen (secondary N) is 1. The number of phenolic OH excluding ortho intramolecular Hbond substituents is 1. The first-order valence-electron chi connectivity index (χ1n) is 6.75. The van der Waals surface area contributed by atoms with Crippen LogP contribution in [-0.4, -0.2) is 31.2 Å². The maximum absolute atomic E-state index is 12.0. The molecule has 0 atom stereocenters. The zero-order valence-corrected chi connectivity index (χ0v) is 12.4. The fourth-order valence-corrected chi connectivity index (χ4v) is 1.91. The first-order chi connectivity index (χ1) is 9.39. The Morgan fingerprint density at radius 2 is 2.15 bits per heavy atom. The van der Waals surface area contributed by atoms with E-state index < -0.39 is 0 Å². The van der Waals surface area contributed by atoms with Crippen LogP contribution in [0, 0.1) is 5.41 Å². The Morgan fingerprint density at radius 3 is 2.70 bits per heavy atom. The van der Waals surface area contributed by atoms with Crippen molar-refractivity contribution in [1.29, 1.82) is 0 Å². The van der Waals surface area contributed by atoms with Crippen LogP contribution in [0.3, 0.4) is 0 Å². The van der Waals surface area contributed by atoms with Crippen LogP contribution < -0.4 is 15.8 Å². The predicted octanol–water partition coefficient (Wildman–Crippen LogP) is 1.90. The Labute approximate surface area is 120 Å². The van der Waals surface area contributed by atoms with Crippen LogP contribution >= 0.6 is 0 Å². The van der Waals surface area contributed by atoms with Crippen LogP contribution in [0.25, 0.3) is 0 Å². The number of aromatic hydroxyl groups is 1. The molecule has 0 saturated carbocycles. The van der Waals surface area contributed by atoms with Gasteiger partial charge in [0.15, 0.2) is 0 Å². The molecule has 0 aliphatic heterocycles. The standard InChI is InChI=1S/C15H24N2O3/c1-15(2,7-4-8-16)10-17-14(19)12-6-5-11(20-3)9-13(12)18/h5-6,9,18H,4,7-8,10,16H2,1-3H3,(H,17,19). The highest BCUT2D eigenvalue weighted by Gasteiger charge is 2.19. The fourth-order valence-electron chi connectivity index (χ4n) is 1.91. The molecule has 0 aliphatic carbocycles. The van der Waals surface area contributed by atoms with Gasteiger partial charge in [0.1, 0.15) is 11.5 Å². The van der Waals surface area contributed by atoms with Crippen LogP contribution in [0.15, 0.2) is 18.2 Å². The summed E-state index contributed by atoms with van der Waals surface area (Å²) in [5.74, 6) is 0.148. The summed E-state index contributed by atoms with van der Waals surface area (Å²) < 4.78 is 4.98. The molecule has 0 fully saturated rings. The van der Waals surface area contributed by atoms with Gasteiger partial charge in [-0.1, -0.05) is 13.8 Å². The van der Waals surface area contributed by atoms with E-state index in [1.165, 1.54) is 13.2 Å². The first kappa shape index (κ1) is 16.3. The molecule has 0 aromatic heterocycles. The lowest BCUT2D eigenvalue weighted by atomic mass is 9.87. The molecule has 0 saturated heterocycles. The van der Waals surface area contributed by atoms with Crippen molar-refractivity contribution in [2.75, 3.05) is 20.2 Å². The molecule has 0 radical (unpaired) electrons. The van der Waals surface area contributed by atoms with E-state index in [1.807, 2.05) is 0 Å². The van der Waals surface area contributed by atoms with Crippen LogP contribution in [-0.2, 0) is 0 Å². The number of benzene rings is 1. The molecule has 0 bridgehead atoms. The monoisotopic (exact) mass is 280 g/mol. The Hall–Kier alpha value is -1.75. The Morgan fingerprint density at radius 1 is 1.45 bits per heavy atom. The molecule has 1 aromatic rings. The number of hydrogen-bond acceptors (Lipinski definition) is 4. The van der Waals surface area contributed by atoms with Crippen molar-refractivity contribution in [3.63, 3.8) is 0 Å². The maximum Gasteiger partial charge on any atom is 0.255 e. The minimum atomic E-state index is -0.286. The van der Waals surface area contributed by atoms with E-state index in [9.17, 15) is 9.90 Å². The van der Waals surface area contributed by atoms with E-state index in [-0.39, 0.29) is 22.6 Å². The topological polar surface area (TPSA) is 84.6 Å². The number of carbonyl (C=O) groups is 1. The third-order valence-electron chi connectivity index (χ3n) is 3.23. The van der Waals surface area contributed by atoms with Gasteiger partial charge in [-0.05, 0) is 36.9 Å². The number of phenols is 1. The lowest BCUT2D eigenvalue weighted by Crippen LogP contribution is -2.34. The van der Waals surface area contributed by atoms with Gasteiger partial charge in [0.2, 0.25) is 0 Å². The van der Waals surface area contributed by atoms with Crippen molar-refractivity contribution in [1.82, 2.24) is 5.32 Å². The molecule has 1 rings (SSSR count). The second-order valence-corrected chi connectivity index (χ2v) is 5.62. The second-order valence-electron chi connectivity index (χ2n) is 5.62. The quantitative estimate of drug-likeness (QED) is 0.712. The fraction of sp³-hybridized carbons (Fsp3) is 0.533. The number of amides is 1. The van der Waals surface area contributed by atoms with Crippen molar-refractivity contribution in [2.24, 2.45) is 11.1 Å². The van der Waals surface area contributed by atoms with Gasteiger partial charge in [-0.2, -0.15) is 0 Å². The highest BCUT2D eigenvalue weighted by molar-refractivity contribution is 5.97. The molecule has 0 unspecified atom stereocenters. The summed E-state index contributed by atoms with van der Waals surface area (Å²) in [7, 11) is 1.51. The van der Waals surface area contributed by atoms with E-state index >= 15 is 0 Å². The largest absolute Gasteiger partial charge is 0.507 e. The van der Waals surface area contributed by atoms with Gasteiger partial charge < -0.3 is 20.9 Å². The molecular formula is C15H24N2O3. The maximum atomic E-state index is 12.0. The average Bonchev–Trinajstić information content (AvgIpc) is 2.42. The van der Waals surface area contributed by atoms with Gasteiger partial charge in [0.25, 0.3) is 5.91 Å². The summed E-state index contributed by atoms with van der Waals surface area (Å²) >= 11 is 0. The summed E-state index contributed by atoms with van der Waals surface area (Å²) in [6, 6.07) is 4.62. The molecule has 1 amide bonds. The van der Waals surface area contributed by atoms with Gasteiger partial charge in [-0.3, -0.25) is 4.79 Å². The Balaban J connectivity index is 2.63. The summed E-state index contributed by atoms with van der Waals surface area (Å²) in [6.45, 7) is 5.35. The molecule has 20 heavy (non-hydrogen) atoms. The molecule has 0 heterocycles. The van der Waals surface area contributed by atoms with Crippen molar-refractivity contribution in [3.05, 3.63) is 23.8 Å². The molecule has 0 spiro atoms. The van der Waals surface area contributed by atoms with Crippen molar-refractivity contribution < 1.29 is 14.6 Å².